The number of anilines is 2. The fourth-order valence-electron chi connectivity index (χ4n) is 7.34. The Morgan fingerprint density at radius 3 is 1.75 bits per heavy atom. The first-order valence-corrected chi connectivity index (χ1v) is 21.0. The lowest BCUT2D eigenvalue weighted by Crippen LogP contribution is -2.28. The lowest BCUT2D eigenvalue weighted by molar-refractivity contribution is 0.101. The van der Waals surface area contributed by atoms with E-state index in [0.29, 0.717) is 47.3 Å². The molecule has 0 aliphatic heterocycles. The maximum absolute atomic E-state index is 13.4. The van der Waals surface area contributed by atoms with Gasteiger partial charge >= 0.3 is 12.2 Å². The van der Waals surface area contributed by atoms with Crippen LogP contribution < -0.4 is 21.7 Å². The van der Waals surface area contributed by atoms with E-state index in [2.05, 4.69) is 52.0 Å². The Balaban J connectivity index is 0.000000203. The normalized spacial score (nSPS) is 14.0. The largest absolute Gasteiger partial charge is 0.441 e. The predicted octanol–water partition coefficient (Wildman–Crippen LogP) is 6.39. The average Bonchev–Trinajstić information content (AvgIpc) is 4.17. The molecule has 5 aromatic heterocycles. The topological polar surface area (TPSA) is 264 Å². The van der Waals surface area contributed by atoms with E-state index in [1.165, 1.54) is 69.0 Å². The van der Waals surface area contributed by atoms with Crippen LogP contribution in [0.15, 0.2) is 67.5 Å². The number of fused-ring (bicyclic) bond motifs is 2. The first-order valence-electron chi connectivity index (χ1n) is 20.2. The van der Waals surface area contributed by atoms with Crippen molar-refractivity contribution in [2.75, 3.05) is 10.6 Å². The van der Waals surface area contributed by atoms with Crippen molar-refractivity contribution in [3.8, 4) is 0 Å². The molecule has 0 bridgehead atoms. The van der Waals surface area contributed by atoms with Crippen LogP contribution in [0.4, 0.5) is 29.7 Å². The van der Waals surface area contributed by atoms with Gasteiger partial charge in [-0.1, -0.05) is 38.1 Å². The number of amides is 3. The van der Waals surface area contributed by atoms with Crippen LogP contribution in [0.1, 0.15) is 94.7 Å². The predicted molar refractivity (Wildman–Crippen MR) is 248 cm³/mol. The molecular weight excluding hydrogens is 945 g/mol. The lowest BCUT2D eigenvalue weighted by atomic mass is 10.1. The van der Waals surface area contributed by atoms with Crippen LogP contribution in [0, 0.1) is 11.6 Å². The number of nitrogens with two attached hydrogens (primary N) is 1. The van der Waals surface area contributed by atoms with Crippen LogP contribution in [0.2, 0.25) is 10.0 Å². The average molecular weight is 996 g/mol. The van der Waals surface area contributed by atoms with E-state index in [1.54, 1.807) is 30.3 Å². The van der Waals surface area contributed by atoms with Gasteiger partial charge in [0.1, 0.15) is 29.3 Å². The van der Waals surface area contributed by atoms with Crippen molar-refractivity contribution in [1.82, 2.24) is 64.4 Å². The SMILES string of the molecule is C.C.Cn1cc2c(c1C(=O)Nc1ccc(F)c(Cl)c1)CCC2N.Cn1cc2c(c1C(=O)Nc1ccc(F)c(Cl)c1)CCC2NC(=O)OCc1nnnn1C.Cn1nnnc1COC(=O)n1ccnc1. The second-order valence-corrected chi connectivity index (χ2v) is 15.9. The number of aryl methyl sites for hydroxylation is 4. The van der Waals surface area contributed by atoms with Gasteiger partial charge in [-0.15, -0.1) is 10.2 Å². The van der Waals surface area contributed by atoms with Gasteiger partial charge in [0.05, 0.1) is 16.1 Å². The molecule has 2 aliphatic carbocycles. The van der Waals surface area contributed by atoms with Crippen molar-refractivity contribution in [2.45, 2.75) is 65.8 Å². The zero-order valence-electron chi connectivity index (χ0n) is 36.2. The van der Waals surface area contributed by atoms with Gasteiger partial charge in [-0.05, 0) is 105 Å². The van der Waals surface area contributed by atoms with Crippen molar-refractivity contribution in [1.29, 1.82) is 0 Å². The van der Waals surface area contributed by atoms with Crippen LogP contribution in [0.25, 0.3) is 0 Å². The van der Waals surface area contributed by atoms with Crippen LogP contribution in [-0.4, -0.2) is 83.1 Å². The number of nitrogens with one attached hydrogen (secondary N) is 3. The number of hydrogen-bond donors (Lipinski definition) is 4. The fourth-order valence-corrected chi connectivity index (χ4v) is 7.70. The molecule has 5 N–H and O–H groups in total. The Morgan fingerprint density at radius 1 is 0.754 bits per heavy atom. The molecule has 69 heavy (non-hydrogen) atoms. The molecule has 366 valence electrons. The van der Waals surface area contributed by atoms with Gasteiger partial charge in [-0.3, -0.25) is 9.59 Å². The number of halogens is 4. The van der Waals surface area contributed by atoms with Crippen molar-refractivity contribution in [2.24, 2.45) is 33.9 Å². The number of benzene rings is 2. The maximum atomic E-state index is 13.4. The van der Waals surface area contributed by atoms with Crippen LogP contribution in [0.5, 0.6) is 0 Å². The molecule has 9 rings (SSSR count). The van der Waals surface area contributed by atoms with Gasteiger partial charge in [-0.25, -0.2) is 37.3 Å². The Hall–Kier alpha value is -7.57. The summed E-state index contributed by atoms with van der Waals surface area (Å²) >= 11 is 11.5. The highest BCUT2D eigenvalue weighted by Crippen LogP contribution is 2.36. The highest BCUT2D eigenvalue weighted by Gasteiger charge is 2.32. The second kappa shape index (κ2) is 23.0. The molecule has 26 heteroatoms. The van der Waals surface area contributed by atoms with E-state index in [1.807, 2.05) is 19.4 Å². The number of hydrogen-bond acceptors (Lipinski definition) is 14. The summed E-state index contributed by atoms with van der Waals surface area (Å²) in [5.41, 5.74) is 11.6. The molecular formula is C43H50Cl2F2N16O6. The highest BCUT2D eigenvalue weighted by molar-refractivity contribution is 6.31. The third kappa shape index (κ3) is 12.3. The molecule has 22 nitrogen and oxygen atoms in total. The molecule has 0 saturated carbocycles. The molecule has 2 atom stereocenters. The number of alkyl carbamates (subject to hydrolysis) is 1. The standard InChI is InChI=1S/C19H19ClFN7O3.C15H15ClFN3O.C7H8N6O2.2CH4/c1-27-8-12-11(17(27)18(29)22-10-3-5-14(21)13(20)7-10)4-6-15(12)23-19(30)31-9-16-24-25-26-28(16)2;1-20-7-10-9(3-5-13(10)18)14(20)15(21)19-8-2-4-12(17)11(16)6-8;1-12-6(9-10-11-12)4-15-7(14)13-3-2-8-5-13;;/h3,5,7-8,15H,4,6,9H2,1-2H3,(H,22,29)(H,23,30);2,4,6-7,13H,3,5,18H2,1H3,(H,19,21);2-3,5H,4H2,1H3;2*1H4. The first-order chi connectivity index (χ1) is 32.1. The maximum Gasteiger partial charge on any atom is 0.419 e. The fraction of sp³-hybridized carbons (Fsp3) is 0.326. The molecule has 0 saturated heterocycles. The minimum absolute atomic E-state index is 0. The molecule has 2 unspecified atom stereocenters. The van der Waals surface area contributed by atoms with Crippen molar-refractivity contribution >= 4 is 58.6 Å². The second-order valence-electron chi connectivity index (χ2n) is 15.1. The van der Waals surface area contributed by atoms with E-state index < -0.39 is 23.8 Å². The zero-order chi connectivity index (χ0) is 47.9. The van der Waals surface area contributed by atoms with Gasteiger partial charge in [0.25, 0.3) is 11.8 Å². The third-order valence-electron chi connectivity index (χ3n) is 10.7. The summed E-state index contributed by atoms with van der Waals surface area (Å²) in [6.07, 6.45) is 9.84. The minimum atomic E-state index is -0.600. The summed E-state index contributed by atoms with van der Waals surface area (Å²) in [7, 11) is 6.88. The third-order valence-corrected chi connectivity index (χ3v) is 11.2. The van der Waals surface area contributed by atoms with Gasteiger partial charge in [0.2, 0.25) is 0 Å². The number of nitrogens with zero attached hydrogens (tertiary/aromatic N) is 12. The van der Waals surface area contributed by atoms with E-state index in [0.717, 1.165) is 35.1 Å². The molecule has 2 aromatic carbocycles. The summed E-state index contributed by atoms with van der Waals surface area (Å²) in [4.78, 5) is 52.6. The number of tetrazole rings is 2. The van der Waals surface area contributed by atoms with Gasteiger partial charge < -0.3 is 40.3 Å². The Kier molecular flexibility index (Phi) is 17.4. The smallest absolute Gasteiger partial charge is 0.419 e. The molecule has 5 heterocycles. The van der Waals surface area contributed by atoms with Crippen molar-refractivity contribution < 1.29 is 37.4 Å². The molecule has 0 fully saturated rings. The minimum Gasteiger partial charge on any atom is -0.441 e. The monoisotopic (exact) mass is 994 g/mol. The summed E-state index contributed by atoms with van der Waals surface area (Å²) in [5.74, 6) is -0.763. The molecule has 7 aromatic rings. The zero-order valence-corrected chi connectivity index (χ0v) is 37.7. The molecule has 0 radical (unpaired) electrons. The Bertz CT molecular complexity index is 2930. The Labute approximate surface area is 404 Å². The summed E-state index contributed by atoms with van der Waals surface area (Å²) in [6, 6.07) is 7.79. The number of rotatable bonds is 9. The van der Waals surface area contributed by atoms with E-state index in [4.69, 9.17) is 38.4 Å². The molecule has 0 spiro atoms. The first kappa shape index (κ1) is 52.4. The van der Waals surface area contributed by atoms with E-state index in [9.17, 15) is 28.0 Å². The lowest BCUT2D eigenvalue weighted by Gasteiger charge is -2.13. The van der Waals surface area contributed by atoms with E-state index in [-0.39, 0.29) is 62.0 Å². The quantitative estimate of drug-likeness (QED) is 0.122. The summed E-state index contributed by atoms with van der Waals surface area (Å²) < 4.78 is 44.2. The molecule has 3 amide bonds. The highest BCUT2D eigenvalue weighted by atomic mass is 35.5. The number of carbonyl (C=O) groups is 4. The van der Waals surface area contributed by atoms with Gasteiger partial charge in [0.15, 0.2) is 24.9 Å². The van der Waals surface area contributed by atoms with E-state index >= 15 is 0 Å². The van der Waals surface area contributed by atoms with Gasteiger partial charge in [-0.2, -0.15) is 0 Å². The van der Waals surface area contributed by atoms with Gasteiger partial charge in [0, 0.05) is 70.4 Å². The summed E-state index contributed by atoms with van der Waals surface area (Å²) in [6.45, 7) is -0.0297. The summed E-state index contributed by atoms with van der Waals surface area (Å²) in [5, 5.41) is 29.8. The molecule has 2 aliphatic rings. The van der Waals surface area contributed by atoms with Crippen molar-refractivity contribution in [3.63, 3.8) is 0 Å². The van der Waals surface area contributed by atoms with Crippen molar-refractivity contribution in [3.05, 3.63) is 134 Å². The van der Waals surface area contributed by atoms with Crippen LogP contribution >= 0.6 is 23.2 Å². The Morgan fingerprint density at radius 2 is 1.26 bits per heavy atom. The van der Waals surface area contributed by atoms with Crippen LogP contribution in [0.3, 0.4) is 0 Å². The number of ether oxygens (including phenoxy) is 2. The number of aromatic nitrogens is 12. The van der Waals surface area contributed by atoms with Crippen LogP contribution in [-0.2, 0) is 63.7 Å². The number of imidazole rings is 1. The number of carbonyl (C=O) groups excluding carboxylic acids is 4.